The number of anilines is 3. The average Bonchev–Trinajstić information content (AvgIpc) is 3.34. The van der Waals surface area contributed by atoms with Crippen molar-refractivity contribution in [2.24, 2.45) is 0 Å². The minimum Gasteiger partial charge on any atom is -0.376 e. The average molecular weight is 391 g/mol. The Balaban J connectivity index is 1.72. The summed E-state index contributed by atoms with van der Waals surface area (Å²) < 4.78 is 3.42. The Morgan fingerprint density at radius 2 is 2.22 bits per heavy atom. The first-order valence-electron chi connectivity index (χ1n) is 9.04. The summed E-state index contributed by atoms with van der Waals surface area (Å²) in [5, 5.41) is 25.2. The summed E-state index contributed by atoms with van der Waals surface area (Å²) in [6, 6.07) is 0.706. The predicted octanol–water partition coefficient (Wildman–Crippen LogP) is 2.16. The lowest BCUT2D eigenvalue weighted by molar-refractivity contribution is 0.215. The zero-order valence-corrected chi connectivity index (χ0v) is 16.0. The van der Waals surface area contributed by atoms with Gasteiger partial charge in [0.15, 0.2) is 5.65 Å². The summed E-state index contributed by atoms with van der Waals surface area (Å²) in [7, 11) is 0. The lowest BCUT2D eigenvalue weighted by Crippen LogP contribution is -2.23. The number of fused-ring (bicyclic) bond motifs is 1. The molecule has 0 bridgehead atoms. The molecule has 1 aliphatic rings. The van der Waals surface area contributed by atoms with E-state index in [1.807, 2.05) is 17.8 Å². The van der Waals surface area contributed by atoms with Crippen LogP contribution in [-0.2, 0) is 13.3 Å². The van der Waals surface area contributed by atoms with Crippen molar-refractivity contribution in [2.75, 3.05) is 17.2 Å². The Kier molecular flexibility index (Phi) is 4.90. The molecule has 144 valence electrons. The fourth-order valence-electron chi connectivity index (χ4n) is 3.38. The SMILES string of the molecule is CCn1cc(Nc2nc(N[C@H]3CN[C@@H](C)C3)c3c(Cl)cn(CO)c3n2)cn1. The highest BCUT2D eigenvalue weighted by atomic mass is 35.5. The van der Waals surface area contributed by atoms with E-state index >= 15 is 0 Å². The largest absolute Gasteiger partial charge is 0.376 e. The van der Waals surface area contributed by atoms with Crippen LogP contribution in [0.5, 0.6) is 0 Å². The van der Waals surface area contributed by atoms with Gasteiger partial charge in [-0.15, -0.1) is 0 Å². The van der Waals surface area contributed by atoms with Gasteiger partial charge in [-0.3, -0.25) is 4.68 Å². The fraction of sp³-hybridized carbons (Fsp3) is 0.471. The summed E-state index contributed by atoms with van der Waals surface area (Å²) in [5.74, 6) is 1.08. The molecule has 0 aromatic carbocycles. The van der Waals surface area contributed by atoms with Gasteiger partial charge in [0, 0.05) is 37.6 Å². The van der Waals surface area contributed by atoms with E-state index in [0.717, 1.165) is 25.2 Å². The zero-order valence-electron chi connectivity index (χ0n) is 15.3. The quantitative estimate of drug-likeness (QED) is 0.511. The molecule has 1 fully saturated rings. The number of hydrogen-bond acceptors (Lipinski definition) is 7. The van der Waals surface area contributed by atoms with Crippen molar-refractivity contribution in [2.45, 2.75) is 45.6 Å². The van der Waals surface area contributed by atoms with E-state index in [0.29, 0.717) is 33.9 Å². The van der Waals surface area contributed by atoms with Gasteiger partial charge in [0.05, 0.1) is 22.3 Å². The third-order valence-corrected chi connectivity index (χ3v) is 5.01. The molecule has 0 unspecified atom stereocenters. The minimum atomic E-state index is -0.213. The number of aliphatic hydroxyl groups excluding tert-OH is 1. The maximum Gasteiger partial charge on any atom is 0.231 e. The molecule has 9 nitrogen and oxygen atoms in total. The van der Waals surface area contributed by atoms with Crippen molar-refractivity contribution in [3.63, 3.8) is 0 Å². The van der Waals surface area contributed by atoms with Crippen LogP contribution in [0.3, 0.4) is 0 Å². The van der Waals surface area contributed by atoms with E-state index in [9.17, 15) is 5.11 Å². The molecule has 0 radical (unpaired) electrons. The van der Waals surface area contributed by atoms with Crippen LogP contribution in [0.1, 0.15) is 20.3 Å². The van der Waals surface area contributed by atoms with Gasteiger partial charge in [0.25, 0.3) is 0 Å². The fourth-order valence-corrected chi connectivity index (χ4v) is 3.67. The second-order valence-corrected chi connectivity index (χ2v) is 7.19. The molecule has 1 aliphatic heterocycles. The Bertz CT molecular complexity index is 952. The number of hydrogen-bond donors (Lipinski definition) is 4. The van der Waals surface area contributed by atoms with Crippen molar-refractivity contribution in [1.29, 1.82) is 0 Å². The van der Waals surface area contributed by atoms with Crippen molar-refractivity contribution < 1.29 is 5.11 Å². The molecule has 10 heteroatoms. The van der Waals surface area contributed by atoms with Gasteiger partial charge >= 0.3 is 0 Å². The molecule has 1 saturated heterocycles. The molecule has 4 rings (SSSR count). The minimum absolute atomic E-state index is 0.213. The summed E-state index contributed by atoms with van der Waals surface area (Å²) in [4.78, 5) is 9.20. The van der Waals surface area contributed by atoms with Crippen LogP contribution in [0.2, 0.25) is 5.02 Å². The van der Waals surface area contributed by atoms with Gasteiger partial charge < -0.3 is 25.6 Å². The van der Waals surface area contributed by atoms with E-state index in [2.05, 4.69) is 37.9 Å². The highest BCUT2D eigenvalue weighted by Gasteiger charge is 2.23. The molecular weight excluding hydrogens is 368 g/mol. The Hall–Kier alpha value is -2.36. The number of halogens is 1. The van der Waals surface area contributed by atoms with E-state index < -0.39 is 0 Å². The molecule has 0 aliphatic carbocycles. The van der Waals surface area contributed by atoms with Crippen LogP contribution < -0.4 is 16.0 Å². The van der Waals surface area contributed by atoms with Crippen LogP contribution in [-0.4, -0.2) is 48.1 Å². The van der Waals surface area contributed by atoms with Gasteiger partial charge in [-0.1, -0.05) is 11.6 Å². The second-order valence-electron chi connectivity index (χ2n) is 6.78. The third kappa shape index (κ3) is 3.58. The molecule has 0 amide bonds. The second kappa shape index (κ2) is 7.34. The summed E-state index contributed by atoms with van der Waals surface area (Å²) in [6.07, 6.45) is 6.28. The van der Waals surface area contributed by atoms with E-state index in [1.54, 1.807) is 17.0 Å². The number of aromatic nitrogens is 5. The molecule has 0 saturated carbocycles. The normalized spacial score (nSPS) is 19.7. The maximum atomic E-state index is 9.65. The van der Waals surface area contributed by atoms with Crippen molar-refractivity contribution in [1.82, 2.24) is 29.6 Å². The summed E-state index contributed by atoms with van der Waals surface area (Å²) >= 11 is 6.41. The molecule has 3 aromatic heterocycles. The highest BCUT2D eigenvalue weighted by Crippen LogP contribution is 2.32. The standard InChI is InChI=1S/C17H23ClN8O/c1-3-26-7-12(6-20-26)22-17-23-15(21-11-4-10(2)19-5-11)14-13(18)8-25(9-27)16(14)24-17/h6-8,10-11,19,27H,3-5,9H2,1-2H3,(H2,21,22,23,24)/t10-,11+/m0/s1. The van der Waals surface area contributed by atoms with Crippen molar-refractivity contribution in [3.8, 4) is 0 Å². The number of aryl methyl sites for hydroxylation is 1. The third-order valence-electron chi connectivity index (χ3n) is 4.73. The first kappa shape index (κ1) is 18.0. The Morgan fingerprint density at radius 3 is 2.89 bits per heavy atom. The maximum absolute atomic E-state index is 9.65. The van der Waals surface area contributed by atoms with Crippen LogP contribution in [0.15, 0.2) is 18.6 Å². The molecular formula is C17H23ClN8O. The number of aliphatic hydroxyl groups is 1. The molecule has 2 atom stereocenters. The van der Waals surface area contributed by atoms with E-state index in [-0.39, 0.29) is 12.8 Å². The van der Waals surface area contributed by atoms with Crippen LogP contribution in [0.4, 0.5) is 17.5 Å². The smallest absolute Gasteiger partial charge is 0.231 e. The van der Waals surface area contributed by atoms with Gasteiger partial charge in [-0.05, 0) is 20.3 Å². The van der Waals surface area contributed by atoms with Crippen LogP contribution in [0, 0.1) is 0 Å². The van der Waals surface area contributed by atoms with Crippen molar-refractivity contribution in [3.05, 3.63) is 23.6 Å². The number of nitrogens with zero attached hydrogens (tertiary/aromatic N) is 5. The Labute approximate surface area is 161 Å². The van der Waals surface area contributed by atoms with Crippen molar-refractivity contribution >= 4 is 40.1 Å². The summed E-state index contributed by atoms with van der Waals surface area (Å²) in [6.45, 7) is 5.61. The topological polar surface area (TPSA) is 105 Å². The van der Waals surface area contributed by atoms with Crippen LogP contribution in [0.25, 0.3) is 11.0 Å². The molecule has 4 heterocycles. The first-order valence-corrected chi connectivity index (χ1v) is 9.41. The zero-order chi connectivity index (χ0) is 19.0. The lowest BCUT2D eigenvalue weighted by Gasteiger charge is -2.15. The monoisotopic (exact) mass is 390 g/mol. The molecule has 27 heavy (non-hydrogen) atoms. The molecule has 0 spiro atoms. The van der Waals surface area contributed by atoms with Gasteiger partial charge in [-0.25, -0.2) is 0 Å². The number of rotatable bonds is 6. The van der Waals surface area contributed by atoms with E-state index in [4.69, 9.17) is 11.6 Å². The van der Waals surface area contributed by atoms with E-state index in [1.165, 1.54) is 0 Å². The predicted molar refractivity (Wildman–Crippen MR) is 105 cm³/mol. The Morgan fingerprint density at radius 1 is 1.37 bits per heavy atom. The van der Waals surface area contributed by atoms with Gasteiger partial charge in [0.2, 0.25) is 5.95 Å². The number of nitrogens with one attached hydrogen (secondary N) is 3. The first-order chi connectivity index (χ1) is 13.1. The summed E-state index contributed by atoms with van der Waals surface area (Å²) in [5.41, 5.74) is 1.37. The molecule has 4 N–H and O–H groups in total. The highest BCUT2D eigenvalue weighted by molar-refractivity contribution is 6.36. The van der Waals surface area contributed by atoms with Gasteiger partial charge in [-0.2, -0.15) is 15.1 Å². The van der Waals surface area contributed by atoms with Crippen LogP contribution >= 0.6 is 11.6 Å². The molecule has 3 aromatic rings. The van der Waals surface area contributed by atoms with Gasteiger partial charge in [0.1, 0.15) is 12.5 Å². The lowest BCUT2D eigenvalue weighted by atomic mass is 10.2.